The number of ether oxygens (including phenoxy) is 1. The van der Waals surface area contributed by atoms with E-state index in [2.05, 4.69) is 9.88 Å². The molecule has 0 atom stereocenters. The van der Waals surface area contributed by atoms with E-state index in [0.717, 1.165) is 24.5 Å². The van der Waals surface area contributed by atoms with Crippen LogP contribution in [0.25, 0.3) is 0 Å². The molecule has 0 spiro atoms. The fourth-order valence-corrected chi connectivity index (χ4v) is 2.36. The second-order valence-corrected chi connectivity index (χ2v) is 6.59. The Bertz CT molecular complexity index is 537. The van der Waals surface area contributed by atoms with Gasteiger partial charge >= 0.3 is 6.09 Å². The number of carbonyl (C=O) groups is 2. The predicted octanol–water partition coefficient (Wildman–Crippen LogP) is 3.14. The number of pyridine rings is 1. The molecule has 1 saturated heterocycles. The maximum Gasteiger partial charge on any atom is 0.414 e. The van der Waals surface area contributed by atoms with Crippen LogP contribution in [0.2, 0.25) is 0 Å². The molecule has 1 amide bonds. The van der Waals surface area contributed by atoms with Gasteiger partial charge in [-0.3, -0.25) is 14.7 Å². The van der Waals surface area contributed by atoms with Crippen LogP contribution in [-0.4, -0.2) is 48.4 Å². The molecule has 1 aliphatic heterocycles. The van der Waals surface area contributed by atoms with E-state index < -0.39 is 5.60 Å². The summed E-state index contributed by atoms with van der Waals surface area (Å²) in [4.78, 5) is 28.6. The summed E-state index contributed by atoms with van der Waals surface area (Å²) in [6.45, 7) is 7.45. The van der Waals surface area contributed by atoms with Crippen LogP contribution in [-0.2, 0) is 9.53 Å². The van der Waals surface area contributed by atoms with Crippen molar-refractivity contribution in [2.24, 2.45) is 0 Å². The molecule has 0 saturated carbocycles. The van der Waals surface area contributed by atoms with Crippen molar-refractivity contribution in [1.82, 2.24) is 4.98 Å². The van der Waals surface area contributed by atoms with Crippen molar-refractivity contribution in [3.05, 3.63) is 18.5 Å². The number of aromatic nitrogens is 1. The van der Waals surface area contributed by atoms with Gasteiger partial charge in [-0.05, 0) is 46.1 Å². The van der Waals surface area contributed by atoms with Gasteiger partial charge in [-0.1, -0.05) is 0 Å². The molecule has 7 heteroatoms. The van der Waals surface area contributed by atoms with Gasteiger partial charge in [0.15, 0.2) is 0 Å². The van der Waals surface area contributed by atoms with E-state index in [1.165, 1.54) is 24.2 Å². The average Bonchev–Trinajstić information content (AvgIpc) is 2.54. The van der Waals surface area contributed by atoms with Crippen molar-refractivity contribution >= 4 is 23.9 Å². The lowest BCUT2D eigenvalue weighted by atomic mass is 10.1. The Hall–Kier alpha value is -2.31. The first-order chi connectivity index (χ1) is 11.3. The van der Waals surface area contributed by atoms with E-state index in [4.69, 9.17) is 14.6 Å². The Kier molecular flexibility index (Phi) is 7.48. The molecule has 1 N–H and O–H groups in total. The topological polar surface area (TPSA) is 83.0 Å². The molecule has 1 fully saturated rings. The second-order valence-electron chi connectivity index (χ2n) is 6.59. The number of hydrogen-bond donors (Lipinski definition) is 1. The van der Waals surface area contributed by atoms with Crippen LogP contribution in [0.4, 0.5) is 16.2 Å². The highest BCUT2D eigenvalue weighted by atomic mass is 16.6. The van der Waals surface area contributed by atoms with Crippen LogP contribution in [0.15, 0.2) is 18.5 Å². The molecule has 0 unspecified atom stereocenters. The number of hydrogen-bond acceptors (Lipinski definition) is 5. The lowest BCUT2D eigenvalue weighted by molar-refractivity contribution is -0.122. The van der Waals surface area contributed by atoms with Crippen molar-refractivity contribution in [2.45, 2.75) is 45.6 Å². The Morgan fingerprint density at radius 3 is 2.42 bits per heavy atom. The third-order valence-electron chi connectivity index (χ3n) is 3.49. The Labute approximate surface area is 143 Å². The maximum absolute atomic E-state index is 12.1. The molecule has 2 rings (SSSR count). The van der Waals surface area contributed by atoms with E-state index in [-0.39, 0.29) is 12.6 Å². The van der Waals surface area contributed by atoms with Crippen molar-refractivity contribution in [2.75, 3.05) is 29.9 Å². The molecular weight excluding hydrogens is 310 g/mol. The highest BCUT2D eigenvalue weighted by Crippen LogP contribution is 2.24. The van der Waals surface area contributed by atoms with Gasteiger partial charge in [0.25, 0.3) is 6.47 Å². The average molecular weight is 337 g/mol. The zero-order chi connectivity index (χ0) is 18.2. The molecule has 0 aliphatic carbocycles. The summed E-state index contributed by atoms with van der Waals surface area (Å²) in [5.41, 5.74) is 1.33. The molecule has 7 nitrogen and oxygen atoms in total. The van der Waals surface area contributed by atoms with Crippen LogP contribution in [0.5, 0.6) is 0 Å². The number of piperidine rings is 1. The number of amides is 1. The van der Waals surface area contributed by atoms with Gasteiger partial charge in [0.2, 0.25) is 0 Å². The molecular formula is C17H27N3O4. The summed E-state index contributed by atoms with van der Waals surface area (Å²) in [5.74, 6) is 0. The molecule has 0 aromatic carbocycles. The van der Waals surface area contributed by atoms with Gasteiger partial charge in [0.05, 0.1) is 23.8 Å². The summed E-state index contributed by atoms with van der Waals surface area (Å²) in [6, 6.07) is 2.00. The van der Waals surface area contributed by atoms with Gasteiger partial charge in [-0.2, -0.15) is 0 Å². The SMILES string of the molecule is CN(C(=O)OC(C)(C)C)c1cncc(N2CCCCC2)c1.O=CO. The van der Waals surface area contributed by atoms with E-state index in [1.54, 1.807) is 13.2 Å². The van der Waals surface area contributed by atoms with Crippen molar-refractivity contribution in [3.8, 4) is 0 Å². The summed E-state index contributed by atoms with van der Waals surface area (Å²) < 4.78 is 5.38. The van der Waals surface area contributed by atoms with Crippen LogP contribution in [0.1, 0.15) is 40.0 Å². The van der Waals surface area contributed by atoms with Gasteiger partial charge < -0.3 is 14.7 Å². The smallest absolute Gasteiger partial charge is 0.414 e. The predicted molar refractivity (Wildman–Crippen MR) is 93.6 cm³/mol. The maximum atomic E-state index is 12.1. The summed E-state index contributed by atoms with van der Waals surface area (Å²) in [5, 5.41) is 6.89. The molecule has 1 aliphatic rings. The molecule has 0 radical (unpaired) electrons. The van der Waals surface area contributed by atoms with E-state index >= 15 is 0 Å². The van der Waals surface area contributed by atoms with Crippen LogP contribution in [0.3, 0.4) is 0 Å². The third kappa shape index (κ3) is 6.44. The normalized spacial score (nSPS) is 14.2. The second kappa shape index (κ2) is 9.10. The number of carbonyl (C=O) groups excluding carboxylic acids is 1. The number of rotatable bonds is 2. The molecule has 1 aromatic heterocycles. The highest BCUT2D eigenvalue weighted by molar-refractivity contribution is 5.87. The number of carboxylic acid groups (broad SMARTS) is 1. The minimum absolute atomic E-state index is 0.250. The van der Waals surface area contributed by atoms with Crippen LogP contribution < -0.4 is 9.80 Å². The zero-order valence-corrected chi connectivity index (χ0v) is 14.9. The summed E-state index contributed by atoms with van der Waals surface area (Å²) in [6.07, 6.45) is 6.91. The monoisotopic (exact) mass is 337 g/mol. The first kappa shape index (κ1) is 19.7. The first-order valence-electron chi connectivity index (χ1n) is 8.03. The van der Waals surface area contributed by atoms with Crippen LogP contribution >= 0.6 is 0 Å². The molecule has 0 bridgehead atoms. The largest absolute Gasteiger partial charge is 0.483 e. The van der Waals surface area contributed by atoms with Gasteiger partial charge in [-0.15, -0.1) is 0 Å². The summed E-state index contributed by atoms with van der Waals surface area (Å²) in [7, 11) is 1.71. The van der Waals surface area contributed by atoms with E-state index in [9.17, 15) is 4.79 Å². The first-order valence-corrected chi connectivity index (χ1v) is 8.03. The Morgan fingerprint density at radius 1 is 1.29 bits per heavy atom. The number of nitrogens with zero attached hydrogens (tertiary/aromatic N) is 3. The summed E-state index contributed by atoms with van der Waals surface area (Å²) >= 11 is 0. The zero-order valence-electron chi connectivity index (χ0n) is 14.9. The lowest BCUT2D eigenvalue weighted by Gasteiger charge is -2.29. The third-order valence-corrected chi connectivity index (χ3v) is 3.49. The van der Waals surface area contributed by atoms with Crippen molar-refractivity contribution < 1.29 is 19.4 Å². The lowest BCUT2D eigenvalue weighted by Crippen LogP contribution is -2.34. The minimum Gasteiger partial charge on any atom is -0.483 e. The van der Waals surface area contributed by atoms with Crippen LogP contribution in [0, 0.1) is 0 Å². The Balaban J connectivity index is 0.000000891. The van der Waals surface area contributed by atoms with Crippen molar-refractivity contribution in [3.63, 3.8) is 0 Å². The quantitative estimate of drug-likeness (QED) is 0.835. The van der Waals surface area contributed by atoms with E-state index in [1.807, 2.05) is 33.0 Å². The van der Waals surface area contributed by atoms with Gasteiger partial charge in [0, 0.05) is 20.1 Å². The molecule has 2 heterocycles. The fourth-order valence-electron chi connectivity index (χ4n) is 2.36. The fraction of sp³-hybridized carbons (Fsp3) is 0.588. The molecule has 1 aromatic rings. The van der Waals surface area contributed by atoms with E-state index in [0.29, 0.717) is 0 Å². The van der Waals surface area contributed by atoms with Crippen molar-refractivity contribution in [1.29, 1.82) is 0 Å². The minimum atomic E-state index is -0.497. The highest BCUT2D eigenvalue weighted by Gasteiger charge is 2.21. The van der Waals surface area contributed by atoms with Gasteiger partial charge in [0.1, 0.15) is 5.60 Å². The standard InChI is InChI=1S/C16H25N3O2.CH2O2/c1-16(2,3)21-15(20)18(4)13-10-14(12-17-11-13)19-8-6-5-7-9-19;2-1-3/h10-12H,5-9H2,1-4H3;1H,(H,2,3). The molecule has 24 heavy (non-hydrogen) atoms. The Morgan fingerprint density at radius 2 is 1.88 bits per heavy atom. The molecule has 134 valence electrons. The number of anilines is 2. The van der Waals surface area contributed by atoms with Gasteiger partial charge in [-0.25, -0.2) is 4.79 Å².